The lowest BCUT2D eigenvalue weighted by atomic mass is 10.1. The molecule has 1 aromatic carbocycles. The van der Waals surface area contributed by atoms with Crippen molar-refractivity contribution >= 4 is 35.1 Å². The Morgan fingerprint density at radius 2 is 1.96 bits per heavy atom. The highest BCUT2D eigenvalue weighted by molar-refractivity contribution is 6.35. The van der Waals surface area contributed by atoms with Gasteiger partial charge in [-0.2, -0.15) is 5.10 Å². The van der Waals surface area contributed by atoms with Crippen molar-refractivity contribution in [3.05, 3.63) is 45.2 Å². The number of aromatic nitrogens is 2. The number of nitrogens with zero attached hydrogens (tertiary/aromatic N) is 3. The number of hydrogen-bond donors (Lipinski definition) is 1. The van der Waals surface area contributed by atoms with Crippen LogP contribution in [-0.2, 0) is 16.0 Å². The van der Waals surface area contributed by atoms with Crippen LogP contribution in [0.3, 0.4) is 0 Å². The third kappa shape index (κ3) is 4.56. The van der Waals surface area contributed by atoms with Crippen LogP contribution < -0.4 is 0 Å². The fraction of sp³-hybridized carbons (Fsp3) is 0.389. The van der Waals surface area contributed by atoms with Crippen LogP contribution in [0.15, 0.2) is 18.2 Å². The second kappa shape index (κ2) is 8.56. The van der Waals surface area contributed by atoms with Crippen molar-refractivity contribution in [1.29, 1.82) is 0 Å². The zero-order valence-corrected chi connectivity index (χ0v) is 16.4. The topological polar surface area (TPSA) is 75.4 Å². The maximum Gasteiger partial charge on any atom is 0.305 e. The number of carbonyl (C=O) groups is 2. The molecule has 6 nitrogen and oxygen atoms in total. The number of carbonyl (C=O) groups excluding carboxylic acids is 1. The summed E-state index contributed by atoms with van der Waals surface area (Å²) in [5, 5.41) is 14.3. The molecule has 140 valence electrons. The van der Waals surface area contributed by atoms with Crippen molar-refractivity contribution in [2.45, 2.75) is 33.6 Å². The van der Waals surface area contributed by atoms with Gasteiger partial charge in [-0.05, 0) is 39.0 Å². The smallest absolute Gasteiger partial charge is 0.305 e. The van der Waals surface area contributed by atoms with Crippen LogP contribution in [0.25, 0.3) is 5.69 Å². The zero-order valence-electron chi connectivity index (χ0n) is 14.9. The first-order valence-corrected chi connectivity index (χ1v) is 9.00. The number of likely N-dealkylation sites (N-methyl/N-ethyl adjacent to an activating group) is 1. The van der Waals surface area contributed by atoms with Gasteiger partial charge in [0.05, 0.1) is 29.2 Å². The van der Waals surface area contributed by atoms with Gasteiger partial charge in [0, 0.05) is 29.4 Å². The van der Waals surface area contributed by atoms with Gasteiger partial charge in [0.15, 0.2) is 0 Å². The first kappa shape index (κ1) is 20.3. The molecular weight excluding hydrogens is 377 g/mol. The minimum absolute atomic E-state index is 0.0722. The Morgan fingerprint density at radius 1 is 1.27 bits per heavy atom. The Kier molecular flexibility index (Phi) is 6.67. The van der Waals surface area contributed by atoms with Gasteiger partial charge in [-0.1, -0.05) is 23.2 Å². The first-order chi connectivity index (χ1) is 12.2. The summed E-state index contributed by atoms with van der Waals surface area (Å²) >= 11 is 12.2. The van der Waals surface area contributed by atoms with E-state index in [0.717, 1.165) is 17.0 Å². The summed E-state index contributed by atoms with van der Waals surface area (Å²) in [5.41, 5.74) is 3.05. The number of aryl methyl sites for hydroxylation is 1. The van der Waals surface area contributed by atoms with Crippen LogP contribution in [0.4, 0.5) is 0 Å². The largest absolute Gasteiger partial charge is 0.481 e. The molecule has 8 heteroatoms. The summed E-state index contributed by atoms with van der Waals surface area (Å²) < 4.78 is 1.70. The molecular formula is C18H21Cl2N3O3. The number of aliphatic carboxylic acids is 1. The van der Waals surface area contributed by atoms with Crippen LogP contribution in [0, 0.1) is 13.8 Å². The zero-order chi connectivity index (χ0) is 19.4. The van der Waals surface area contributed by atoms with Crippen LogP contribution in [0.5, 0.6) is 0 Å². The van der Waals surface area contributed by atoms with Gasteiger partial charge in [-0.3, -0.25) is 9.59 Å². The van der Waals surface area contributed by atoms with Crippen LogP contribution >= 0.6 is 23.2 Å². The molecule has 0 atom stereocenters. The van der Waals surface area contributed by atoms with E-state index in [9.17, 15) is 9.59 Å². The van der Waals surface area contributed by atoms with E-state index in [1.54, 1.807) is 27.8 Å². The fourth-order valence-electron chi connectivity index (χ4n) is 2.77. The second-order valence-electron chi connectivity index (χ2n) is 5.95. The Hall–Kier alpha value is -2.05. The molecule has 0 saturated heterocycles. The van der Waals surface area contributed by atoms with Crippen LogP contribution in [0.2, 0.25) is 10.0 Å². The molecule has 0 unspecified atom stereocenters. The lowest BCUT2D eigenvalue weighted by molar-refractivity contribution is -0.138. The molecule has 0 saturated carbocycles. The summed E-state index contributed by atoms with van der Waals surface area (Å²) in [6.07, 6.45) is 0.0908. The van der Waals surface area contributed by atoms with Gasteiger partial charge in [0.1, 0.15) is 0 Å². The summed E-state index contributed by atoms with van der Waals surface area (Å²) in [7, 11) is 0. The average Bonchev–Trinajstić information content (AvgIpc) is 2.83. The molecule has 0 aliphatic carbocycles. The number of halogens is 2. The molecule has 0 aliphatic rings. The van der Waals surface area contributed by atoms with E-state index in [0.29, 0.717) is 22.3 Å². The van der Waals surface area contributed by atoms with E-state index in [2.05, 4.69) is 5.10 Å². The number of benzene rings is 1. The van der Waals surface area contributed by atoms with E-state index in [1.807, 2.05) is 20.8 Å². The SMILES string of the molecule is CCN(CCC(=O)O)C(=O)Cc1c(C)nn(-c2ccc(Cl)cc2Cl)c1C. The number of hydrogen-bond acceptors (Lipinski definition) is 3. The molecule has 2 rings (SSSR count). The fourth-order valence-corrected chi connectivity index (χ4v) is 3.26. The van der Waals surface area contributed by atoms with E-state index in [4.69, 9.17) is 28.3 Å². The van der Waals surface area contributed by atoms with Crippen LogP contribution in [-0.4, -0.2) is 44.8 Å². The Balaban J connectivity index is 2.27. The quantitative estimate of drug-likeness (QED) is 0.773. The lowest BCUT2D eigenvalue weighted by Gasteiger charge is -2.20. The van der Waals surface area contributed by atoms with E-state index in [-0.39, 0.29) is 25.3 Å². The number of rotatable bonds is 7. The summed E-state index contributed by atoms with van der Waals surface area (Å²) in [6.45, 7) is 6.20. The van der Waals surface area contributed by atoms with Gasteiger partial charge in [-0.15, -0.1) is 0 Å². The predicted octanol–water partition coefficient (Wildman–Crippen LogP) is 3.66. The van der Waals surface area contributed by atoms with Crippen molar-refractivity contribution in [3.63, 3.8) is 0 Å². The number of carboxylic acids is 1. The first-order valence-electron chi connectivity index (χ1n) is 8.24. The Morgan fingerprint density at radius 3 is 2.54 bits per heavy atom. The third-order valence-electron chi connectivity index (χ3n) is 4.24. The van der Waals surface area contributed by atoms with Gasteiger partial charge in [0.2, 0.25) is 5.91 Å². The highest BCUT2D eigenvalue weighted by Crippen LogP contribution is 2.27. The highest BCUT2D eigenvalue weighted by Gasteiger charge is 2.20. The normalized spacial score (nSPS) is 10.8. The monoisotopic (exact) mass is 397 g/mol. The minimum Gasteiger partial charge on any atom is -0.481 e. The molecule has 0 spiro atoms. The van der Waals surface area contributed by atoms with Crippen molar-refractivity contribution < 1.29 is 14.7 Å². The van der Waals surface area contributed by atoms with E-state index < -0.39 is 5.97 Å². The molecule has 0 fully saturated rings. The van der Waals surface area contributed by atoms with Gasteiger partial charge < -0.3 is 10.0 Å². The molecule has 1 aromatic heterocycles. The van der Waals surface area contributed by atoms with E-state index in [1.165, 1.54) is 0 Å². The van der Waals surface area contributed by atoms with Gasteiger partial charge in [-0.25, -0.2) is 4.68 Å². The molecule has 1 heterocycles. The third-order valence-corrected chi connectivity index (χ3v) is 4.77. The summed E-state index contributed by atoms with van der Waals surface area (Å²) in [5.74, 6) is -1.05. The summed E-state index contributed by atoms with van der Waals surface area (Å²) in [4.78, 5) is 24.9. The summed E-state index contributed by atoms with van der Waals surface area (Å²) in [6, 6.07) is 5.15. The number of carboxylic acid groups (broad SMARTS) is 1. The molecule has 0 aliphatic heterocycles. The van der Waals surface area contributed by atoms with E-state index >= 15 is 0 Å². The molecule has 1 N–H and O–H groups in total. The average molecular weight is 398 g/mol. The van der Waals surface area contributed by atoms with Crippen LogP contribution in [0.1, 0.15) is 30.3 Å². The molecule has 1 amide bonds. The Labute approximate surface area is 162 Å². The molecule has 26 heavy (non-hydrogen) atoms. The molecule has 2 aromatic rings. The van der Waals surface area contributed by atoms with Crippen molar-refractivity contribution in [2.75, 3.05) is 13.1 Å². The second-order valence-corrected chi connectivity index (χ2v) is 6.79. The van der Waals surface area contributed by atoms with Crippen molar-refractivity contribution in [2.24, 2.45) is 0 Å². The van der Waals surface area contributed by atoms with Gasteiger partial charge >= 0.3 is 5.97 Å². The molecule has 0 bridgehead atoms. The predicted molar refractivity (Wildman–Crippen MR) is 101 cm³/mol. The molecule has 0 radical (unpaired) electrons. The minimum atomic E-state index is -0.922. The maximum atomic E-state index is 12.6. The standard InChI is InChI=1S/C18H21Cl2N3O3/c1-4-22(8-7-18(25)26)17(24)10-14-11(2)21-23(12(14)3)16-6-5-13(19)9-15(16)20/h5-6,9H,4,7-8,10H2,1-3H3,(H,25,26). The highest BCUT2D eigenvalue weighted by atomic mass is 35.5. The van der Waals surface area contributed by atoms with Crippen molar-refractivity contribution in [3.8, 4) is 5.69 Å². The maximum absolute atomic E-state index is 12.6. The Bertz CT molecular complexity index is 833. The van der Waals surface area contributed by atoms with Gasteiger partial charge in [0.25, 0.3) is 0 Å². The van der Waals surface area contributed by atoms with Crippen molar-refractivity contribution in [1.82, 2.24) is 14.7 Å². The number of amides is 1. The lowest BCUT2D eigenvalue weighted by Crippen LogP contribution is -2.34.